The van der Waals surface area contributed by atoms with Crippen LogP contribution in [0.15, 0.2) is 34.2 Å². The Balaban J connectivity index is 1.75. The highest BCUT2D eigenvalue weighted by atomic mass is 32.2. The highest BCUT2D eigenvalue weighted by Crippen LogP contribution is 2.21. The van der Waals surface area contributed by atoms with Crippen molar-refractivity contribution in [2.45, 2.75) is 37.9 Å². The summed E-state index contributed by atoms with van der Waals surface area (Å²) in [7, 11) is 0. The molecule has 0 aliphatic carbocycles. The molecule has 1 fully saturated rings. The van der Waals surface area contributed by atoms with E-state index in [1.54, 1.807) is 21.6 Å². The fraction of sp³-hybridized carbons (Fsp3) is 0.524. The summed E-state index contributed by atoms with van der Waals surface area (Å²) >= 11 is 1.25. The Morgan fingerprint density at radius 1 is 1.33 bits per heavy atom. The van der Waals surface area contributed by atoms with Crippen LogP contribution in [-0.2, 0) is 20.9 Å². The number of carbonyl (C=O) groups excluding carboxylic acids is 2. The number of carbonyl (C=O) groups is 2. The third-order valence-corrected chi connectivity index (χ3v) is 6.16. The van der Waals surface area contributed by atoms with Gasteiger partial charge in [-0.2, -0.15) is 0 Å². The van der Waals surface area contributed by atoms with E-state index in [0.717, 1.165) is 12.8 Å². The number of rotatable bonds is 9. The first-order valence-corrected chi connectivity index (χ1v) is 11.3. The highest BCUT2D eigenvalue weighted by molar-refractivity contribution is 7.99. The van der Waals surface area contributed by atoms with Crippen LogP contribution >= 0.6 is 11.8 Å². The van der Waals surface area contributed by atoms with Crippen molar-refractivity contribution in [3.63, 3.8) is 0 Å². The summed E-state index contributed by atoms with van der Waals surface area (Å²) in [5.41, 5.74) is 5.92. The molecule has 162 valence electrons. The number of likely N-dealkylation sites (tertiary alicyclic amines) is 1. The van der Waals surface area contributed by atoms with E-state index in [0.29, 0.717) is 55.3 Å². The van der Waals surface area contributed by atoms with Gasteiger partial charge in [0.05, 0.1) is 22.6 Å². The molecule has 8 nitrogen and oxygen atoms in total. The average molecular weight is 433 g/mol. The van der Waals surface area contributed by atoms with Gasteiger partial charge < -0.3 is 15.4 Å². The average Bonchev–Trinajstić information content (AvgIpc) is 2.76. The third kappa shape index (κ3) is 5.40. The number of aromatic nitrogens is 2. The number of thioether (sulfide) groups is 1. The van der Waals surface area contributed by atoms with E-state index in [1.807, 2.05) is 19.1 Å². The van der Waals surface area contributed by atoms with Gasteiger partial charge in [0.1, 0.15) is 0 Å². The van der Waals surface area contributed by atoms with Gasteiger partial charge in [0.25, 0.3) is 5.56 Å². The van der Waals surface area contributed by atoms with E-state index < -0.39 is 0 Å². The molecule has 3 rings (SSSR count). The number of primary amides is 1. The number of para-hydroxylation sites is 1. The fourth-order valence-electron chi connectivity index (χ4n) is 3.58. The van der Waals surface area contributed by atoms with E-state index in [-0.39, 0.29) is 29.0 Å². The third-order valence-electron chi connectivity index (χ3n) is 5.20. The number of nitrogens with zero attached hydrogens (tertiary/aromatic N) is 3. The number of piperidine rings is 1. The quantitative estimate of drug-likeness (QED) is 0.367. The molecule has 0 radical (unpaired) electrons. The van der Waals surface area contributed by atoms with Gasteiger partial charge in [-0.3, -0.25) is 19.0 Å². The fourth-order valence-corrected chi connectivity index (χ4v) is 4.51. The molecule has 30 heavy (non-hydrogen) atoms. The molecule has 0 saturated carbocycles. The molecule has 1 atom stereocenters. The number of fused-ring (bicyclic) bond motifs is 1. The normalized spacial score (nSPS) is 16.7. The molecular formula is C21H28N4O4S. The molecule has 9 heteroatoms. The molecule has 2 aromatic rings. The number of benzene rings is 1. The monoisotopic (exact) mass is 432 g/mol. The molecule has 2 N–H and O–H groups in total. The number of ether oxygens (including phenoxy) is 1. The van der Waals surface area contributed by atoms with Crippen molar-refractivity contribution in [2.75, 3.05) is 32.1 Å². The molecule has 2 amide bonds. The molecule has 1 saturated heterocycles. The van der Waals surface area contributed by atoms with Crippen molar-refractivity contribution in [3.8, 4) is 0 Å². The molecule has 0 bridgehead atoms. The SMILES string of the molecule is CCOCCCn1c(SCC(=O)N2CCCC(C(N)=O)C2)nc2ccccc2c1=O. The zero-order valence-corrected chi connectivity index (χ0v) is 18.0. The summed E-state index contributed by atoms with van der Waals surface area (Å²) in [5.74, 6) is -0.571. The summed E-state index contributed by atoms with van der Waals surface area (Å²) in [6, 6.07) is 7.22. The molecule has 1 aromatic heterocycles. The smallest absolute Gasteiger partial charge is 0.262 e. The Kier molecular flexibility index (Phi) is 7.87. The lowest BCUT2D eigenvalue weighted by atomic mass is 9.97. The summed E-state index contributed by atoms with van der Waals surface area (Å²) in [6.45, 7) is 4.57. The molecule has 1 unspecified atom stereocenters. The lowest BCUT2D eigenvalue weighted by Crippen LogP contribution is -2.44. The number of hydrogen-bond acceptors (Lipinski definition) is 6. The maximum Gasteiger partial charge on any atom is 0.262 e. The van der Waals surface area contributed by atoms with Crippen molar-refractivity contribution >= 4 is 34.5 Å². The first-order chi connectivity index (χ1) is 14.5. The topological polar surface area (TPSA) is 108 Å². The van der Waals surface area contributed by atoms with E-state index >= 15 is 0 Å². The standard InChI is InChI=1S/C21H28N4O4S/c1-2-29-12-6-11-25-20(28)16-8-3-4-9-17(16)23-21(25)30-14-18(26)24-10-5-7-15(13-24)19(22)27/h3-4,8-9,15H,2,5-7,10-14H2,1H3,(H2,22,27). The van der Waals surface area contributed by atoms with Gasteiger partial charge in [-0.05, 0) is 38.3 Å². The van der Waals surface area contributed by atoms with Gasteiger partial charge in [-0.25, -0.2) is 4.98 Å². The molecule has 1 aromatic carbocycles. The largest absolute Gasteiger partial charge is 0.382 e. The van der Waals surface area contributed by atoms with Gasteiger partial charge >= 0.3 is 0 Å². The Labute approximate surface area is 179 Å². The van der Waals surface area contributed by atoms with Crippen molar-refractivity contribution in [2.24, 2.45) is 11.7 Å². The Hall–Kier alpha value is -2.39. The van der Waals surface area contributed by atoms with Crippen LogP contribution in [-0.4, -0.2) is 58.3 Å². The van der Waals surface area contributed by atoms with Crippen molar-refractivity contribution in [3.05, 3.63) is 34.6 Å². The second-order valence-corrected chi connectivity index (χ2v) is 8.23. The lowest BCUT2D eigenvalue weighted by Gasteiger charge is -2.31. The first-order valence-electron chi connectivity index (χ1n) is 10.3. The number of hydrogen-bond donors (Lipinski definition) is 1. The number of nitrogens with two attached hydrogens (primary N) is 1. The van der Waals surface area contributed by atoms with Crippen LogP contribution in [0.4, 0.5) is 0 Å². The molecule has 1 aliphatic rings. The van der Waals surface area contributed by atoms with E-state index in [4.69, 9.17) is 10.5 Å². The first kappa shape index (κ1) is 22.3. The minimum absolute atomic E-state index is 0.0748. The lowest BCUT2D eigenvalue weighted by molar-refractivity contribution is -0.132. The van der Waals surface area contributed by atoms with Gasteiger partial charge in [0.15, 0.2) is 5.16 Å². The Bertz CT molecular complexity index is 962. The second-order valence-electron chi connectivity index (χ2n) is 7.29. The van der Waals surface area contributed by atoms with Crippen LogP contribution < -0.4 is 11.3 Å². The predicted molar refractivity (Wildman–Crippen MR) is 116 cm³/mol. The van der Waals surface area contributed by atoms with E-state index in [2.05, 4.69) is 4.98 Å². The van der Waals surface area contributed by atoms with Crippen LogP contribution in [0.5, 0.6) is 0 Å². The van der Waals surface area contributed by atoms with Crippen LogP contribution in [0.25, 0.3) is 10.9 Å². The van der Waals surface area contributed by atoms with Crippen molar-refractivity contribution in [1.82, 2.24) is 14.5 Å². The van der Waals surface area contributed by atoms with Gasteiger partial charge in [0.2, 0.25) is 11.8 Å². The molecular weight excluding hydrogens is 404 g/mol. The minimum atomic E-state index is -0.362. The minimum Gasteiger partial charge on any atom is -0.382 e. The van der Waals surface area contributed by atoms with E-state index in [9.17, 15) is 14.4 Å². The molecule has 0 spiro atoms. The zero-order chi connectivity index (χ0) is 21.5. The summed E-state index contributed by atoms with van der Waals surface area (Å²) in [4.78, 5) is 43.5. The number of amides is 2. The summed E-state index contributed by atoms with van der Waals surface area (Å²) in [5, 5.41) is 1.08. The molecule has 2 heterocycles. The van der Waals surface area contributed by atoms with Crippen LogP contribution in [0, 0.1) is 5.92 Å². The maximum absolute atomic E-state index is 13.0. The van der Waals surface area contributed by atoms with Crippen LogP contribution in [0.2, 0.25) is 0 Å². The molecule has 1 aliphatic heterocycles. The highest BCUT2D eigenvalue weighted by Gasteiger charge is 2.27. The maximum atomic E-state index is 13.0. The Morgan fingerprint density at radius 3 is 2.90 bits per heavy atom. The van der Waals surface area contributed by atoms with Crippen LogP contribution in [0.1, 0.15) is 26.2 Å². The van der Waals surface area contributed by atoms with Gasteiger partial charge in [-0.1, -0.05) is 23.9 Å². The van der Waals surface area contributed by atoms with Crippen molar-refractivity contribution in [1.29, 1.82) is 0 Å². The second kappa shape index (κ2) is 10.6. The van der Waals surface area contributed by atoms with Gasteiger partial charge in [0, 0.05) is 32.8 Å². The van der Waals surface area contributed by atoms with E-state index in [1.165, 1.54) is 11.8 Å². The van der Waals surface area contributed by atoms with Crippen LogP contribution in [0.3, 0.4) is 0 Å². The summed E-state index contributed by atoms with van der Waals surface area (Å²) < 4.78 is 7.01. The predicted octanol–water partition coefficient (Wildman–Crippen LogP) is 1.64. The van der Waals surface area contributed by atoms with Crippen molar-refractivity contribution < 1.29 is 14.3 Å². The van der Waals surface area contributed by atoms with Gasteiger partial charge in [-0.15, -0.1) is 0 Å². The summed E-state index contributed by atoms with van der Waals surface area (Å²) in [6.07, 6.45) is 2.17. The zero-order valence-electron chi connectivity index (χ0n) is 17.2. The Morgan fingerprint density at radius 2 is 2.13 bits per heavy atom.